The van der Waals surface area contributed by atoms with Crippen LogP contribution in [0.4, 0.5) is 10.1 Å². The van der Waals surface area contributed by atoms with Crippen molar-refractivity contribution in [2.75, 3.05) is 5.32 Å². The Kier molecular flexibility index (Phi) is 6.62. The van der Waals surface area contributed by atoms with Gasteiger partial charge in [-0.15, -0.1) is 0 Å². The molecule has 0 aliphatic carbocycles. The van der Waals surface area contributed by atoms with Crippen molar-refractivity contribution < 1.29 is 13.9 Å². The van der Waals surface area contributed by atoms with Crippen LogP contribution >= 0.6 is 11.6 Å². The third-order valence-electron chi connectivity index (χ3n) is 4.01. The van der Waals surface area contributed by atoms with Gasteiger partial charge in [-0.05, 0) is 54.1 Å². The molecular formula is C23H16ClFN2O2. The molecule has 0 saturated heterocycles. The highest BCUT2D eigenvalue weighted by Crippen LogP contribution is 2.18. The van der Waals surface area contributed by atoms with Crippen molar-refractivity contribution in [2.45, 2.75) is 6.61 Å². The molecule has 0 saturated carbocycles. The Morgan fingerprint density at radius 3 is 2.41 bits per heavy atom. The van der Waals surface area contributed by atoms with Crippen molar-refractivity contribution >= 4 is 29.3 Å². The Hall–Kier alpha value is -3.62. The van der Waals surface area contributed by atoms with Crippen LogP contribution in [0.3, 0.4) is 0 Å². The highest BCUT2D eigenvalue weighted by Gasteiger charge is 2.10. The largest absolute Gasteiger partial charge is 0.489 e. The average molecular weight is 407 g/mol. The van der Waals surface area contributed by atoms with Crippen LogP contribution in [0, 0.1) is 17.1 Å². The minimum absolute atomic E-state index is 0.0417. The van der Waals surface area contributed by atoms with E-state index in [1.807, 2.05) is 6.07 Å². The summed E-state index contributed by atoms with van der Waals surface area (Å²) in [6.45, 7) is 0.106. The molecule has 0 radical (unpaired) electrons. The number of amides is 1. The fraction of sp³-hybridized carbons (Fsp3) is 0.0435. The van der Waals surface area contributed by atoms with E-state index in [2.05, 4.69) is 5.32 Å². The lowest BCUT2D eigenvalue weighted by molar-refractivity contribution is -0.112. The number of nitrogens with zero attached hydrogens (tertiary/aromatic N) is 1. The van der Waals surface area contributed by atoms with Gasteiger partial charge in [0.15, 0.2) is 0 Å². The van der Waals surface area contributed by atoms with Gasteiger partial charge in [0.2, 0.25) is 0 Å². The van der Waals surface area contributed by atoms with Crippen molar-refractivity contribution in [2.24, 2.45) is 0 Å². The number of hydrogen-bond acceptors (Lipinski definition) is 3. The van der Waals surface area contributed by atoms with Gasteiger partial charge in [-0.3, -0.25) is 4.79 Å². The number of halogens is 2. The summed E-state index contributed by atoms with van der Waals surface area (Å²) in [5, 5.41) is 12.5. The number of carbonyl (C=O) groups is 1. The standard InChI is InChI=1S/C23H16ClFN2O2/c24-19-7-9-20(10-8-19)27-23(28)18(14-26)13-16-5-11-21(12-6-16)29-15-17-3-1-2-4-22(17)25/h1-13H,15H2,(H,27,28)/b18-13-. The molecule has 0 aliphatic heterocycles. The summed E-state index contributed by atoms with van der Waals surface area (Å²) < 4.78 is 19.2. The van der Waals surface area contributed by atoms with Gasteiger partial charge in [-0.1, -0.05) is 41.9 Å². The third-order valence-corrected chi connectivity index (χ3v) is 4.26. The second-order valence-corrected chi connectivity index (χ2v) is 6.52. The summed E-state index contributed by atoms with van der Waals surface area (Å²) in [6.07, 6.45) is 1.48. The van der Waals surface area contributed by atoms with E-state index >= 15 is 0 Å². The lowest BCUT2D eigenvalue weighted by Crippen LogP contribution is -2.13. The van der Waals surface area contributed by atoms with Gasteiger partial charge < -0.3 is 10.1 Å². The van der Waals surface area contributed by atoms with Crippen molar-refractivity contribution in [3.63, 3.8) is 0 Å². The third kappa shape index (κ3) is 5.68. The molecule has 0 fully saturated rings. The molecule has 4 nitrogen and oxygen atoms in total. The molecule has 3 aromatic rings. The molecule has 0 unspecified atom stereocenters. The first-order valence-electron chi connectivity index (χ1n) is 8.70. The maximum absolute atomic E-state index is 13.6. The van der Waals surface area contributed by atoms with Crippen LogP contribution in [0.2, 0.25) is 5.02 Å². The zero-order chi connectivity index (χ0) is 20.6. The van der Waals surface area contributed by atoms with Gasteiger partial charge in [0.1, 0.15) is 29.8 Å². The molecule has 0 atom stereocenters. The molecule has 6 heteroatoms. The van der Waals surface area contributed by atoms with Gasteiger partial charge in [0.05, 0.1) is 0 Å². The first-order chi connectivity index (χ1) is 14.0. The highest BCUT2D eigenvalue weighted by atomic mass is 35.5. The van der Waals surface area contributed by atoms with Gasteiger partial charge in [-0.25, -0.2) is 4.39 Å². The van der Waals surface area contributed by atoms with E-state index in [1.165, 1.54) is 12.1 Å². The second-order valence-electron chi connectivity index (χ2n) is 6.08. The second kappa shape index (κ2) is 9.54. The Morgan fingerprint density at radius 1 is 1.07 bits per heavy atom. The molecule has 1 amide bonds. The van der Waals surface area contributed by atoms with Gasteiger partial charge in [-0.2, -0.15) is 5.26 Å². The van der Waals surface area contributed by atoms with Crippen molar-refractivity contribution in [1.82, 2.24) is 0 Å². The summed E-state index contributed by atoms with van der Waals surface area (Å²) in [6, 6.07) is 21.7. The van der Waals surface area contributed by atoms with Crippen LogP contribution in [0.5, 0.6) is 5.75 Å². The topological polar surface area (TPSA) is 62.1 Å². The Bertz CT molecular complexity index is 1070. The van der Waals surface area contributed by atoms with Crippen LogP contribution in [-0.4, -0.2) is 5.91 Å². The quantitative estimate of drug-likeness (QED) is 0.428. The zero-order valence-corrected chi connectivity index (χ0v) is 16.0. The predicted octanol–water partition coefficient (Wildman–Crippen LogP) is 5.60. The van der Waals surface area contributed by atoms with E-state index in [0.29, 0.717) is 27.6 Å². The molecule has 0 heterocycles. The maximum atomic E-state index is 13.6. The minimum Gasteiger partial charge on any atom is -0.489 e. The number of benzene rings is 3. The summed E-state index contributed by atoms with van der Waals surface area (Å²) in [5.74, 6) is -0.290. The number of rotatable bonds is 6. The Morgan fingerprint density at radius 2 is 1.76 bits per heavy atom. The fourth-order valence-electron chi connectivity index (χ4n) is 2.48. The molecule has 3 aromatic carbocycles. The van der Waals surface area contributed by atoms with E-state index in [4.69, 9.17) is 16.3 Å². The average Bonchev–Trinajstić information content (AvgIpc) is 2.74. The molecule has 1 N–H and O–H groups in total. The SMILES string of the molecule is N#C/C(=C/c1ccc(OCc2ccccc2F)cc1)C(=O)Nc1ccc(Cl)cc1. The van der Waals surface area contributed by atoms with E-state index in [0.717, 1.165) is 0 Å². The number of hydrogen-bond donors (Lipinski definition) is 1. The monoisotopic (exact) mass is 406 g/mol. The lowest BCUT2D eigenvalue weighted by Gasteiger charge is -2.07. The summed E-state index contributed by atoms with van der Waals surface area (Å²) in [5.41, 5.74) is 1.62. The van der Waals surface area contributed by atoms with Gasteiger partial charge in [0.25, 0.3) is 5.91 Å². The van der Waals surface area contributed by atoms with E-state index in [-0.39, 0.29) is 18.0 Å². The molecule has 29 heavy (non-hydrogen) atoms. The number of nitrogens with one attached hydrogen (secondary N) is 1. The normalized spacial score (nSPS) is 10.9. The zero-order valence-electron chi connectivity index (χ0n) is 15.2. The number of nitriles is 1. The molecule has 0 bridgehead atoms. The van der Waals surface area contributed by atoms with Crippen LogP contribution in [0.1, 0.15) is 11.1 Å². The van der Waals surface area contributed by atoms with E-state index in [9.17, 15) is 14.4 Å². The predicted molar refractivity (Wildman–Crippen MR) is 111 cm³/mol. The van der Waals surface area contributed by atoms with Gasteiger partial charge in [0, 0.05) is 16.3 Å². The van der Waals surface area contributed by atoms with E-state index < -0.39 is 5.91 Å². The first kappa shape index (κ1) is 20.1. The smallest absolute Gasteiger partial charge is 0.266 e. The number of ether oxygens (including phenoxy) is 1. The summed E-state index contributed by atoms with van der Waals surface area (Å²) in [4.78, 5) is 12.3. The Balaban J connectivity index is 1.65. The summed E-state index contributed by atoms with van der Waals surface area (Å²) in [7, 11) is 0. The van der Waals surface area contributed by atoms with Crippen LogP contribution < -0.4 is 10.1 Å². The number of carbonyl (C=O) groups excluding carboxylic acids is 1. The van der Waals surface area contributed by atoms with Crippen molar-refractivity contribution in [3.8, 4) is 11.8 Å². The molecule has 0 aromatic heterocycles. The van der Waals surface area contributed by atoms with Crippen molar-refractivity contribution in [3.05, 3.63) is 100 Å². The molecule has 0 spiro atoms. The number of anilines is 1. The van der Waals surface area contributed by atoms with Crippen LogP contribution in [-0.2, 0) is 11.4 Å². The van der Waals surface area contributed by atoms with Crippen LogP contribution in [0.25, 0.3) is 6.08 Å². The molecular weight excluding hydrogens is 391 g/mol. The molecule has 3 rings (SSSR count). The highest BCUT2D eigenvalue weighted by molar-refractivity contribution is 6.30. The van der Waals surface area contributed by atoms with Crippen LogP contribution in [0.15, 0.2) is 78.4 Å². The maximum Gasteiger partial charge on any atom is 0.266 e. The molecule has 0 aliphatic rings. The van der Waals surface area contributed by atoms with Crippen molar-refractivity contribution in [1.29, 1.82) is 5.26 Å². The van der Waals surface area contributed by atoms with E-state index in [1.54, 1.807) is 66.7 Å². The van der Waals surface area contributed by atoms with Gasteiger partial charge >= 0.3 is 0 Å². The lowest BCUT2D eigenvalue weighted by atomic mass is 10.1. The first-order valence-corrected chi connectivity index (χ1v) is 9.08. The minimum atomic E-state index is -0.519. The summed E-state index contributed by atoms with van der Waals surface area (Å²) >= 11 is 5.82. The fourth-order valence-corrected chi connectivity index (χ4v) is 2.61. The Labute approximate surface area is 172 Å². The molecule has 144 valence electrons.